The lowest BCUT2D eigenvalue weighted by atomic mass is 9.83. The number of nitrogens with two attached hydrogens (primary N) is 1. The summed E-state index contributed by atoms with van der Waals surface area (Å²) in [5.74, 6) is 0.417. The number of carbonyl (C=O) groups excluding carboxylic acids is 1. The van der Waals surface area contributed by atoms with E-state index in [4.69, 9.17) is 5.73 Å². The molecule has 1 aliphatic carbocycles. The number of nitrogens with zero attached hydrogens (tertiary/aromatic N) is 2. The van der Waals surface area contributed by atoms with Gasteiger partial charge in [-0.3, -0.25) is 4.79 Å². The van der Waals surface area contributed by atoms with Crippen molar-refractivity contribution in [3.8, 4) is 0 Å². The Labute approximate surface area is 128 Å². The first-order valence-electron chi connectivity index (χ1n) is 7.30. The van der Waals surface area contributed by atoms with E-state index < -0.39 is 0 Å². The lowest BCUT2D eigenvalue weighted by Crippen LogP contribution is -2.48. The van der Waals surface area contributed by atoms with E-state index in [9.17, 15) is 4.79 Å². The van der Waals surface area contributed by atoms with E-state index in [0.29, 0.717) is 24.7 Å². The van der Waals surface area contributed by atoms with Gasteiger partial charge in [0.1, 0.15) is 5.69 Å². The highest BCUT2D eigenvalue weighted by Gasteiger charge is 2.32. The van der Waals surface area contributed by atoms with Crippen LogP contribution in [0, 0.1) is 5.92 Å². The highest BCUT2D eigenvalue weighted by Crippen LogP contribution is 2.29. The summed E-state index contributed by atoms with van der Waals surface area (Å²) in [4.78, 5) is 18.9. The first kappa shape index (κ1) is 15.4. The summed E-state index contributed by atoms with van der Waals surface area (Å²) in [5, 5.41) is 0. The molecule has 5 heteroatoms. The fraction of sp³-hybridized carbons (Fsp3) is 0.600. The monoisotopic (exact) mass is 339 g/mol. The van der Waals surface area contributed by atoms with Crippen molar-refractivity contribution < 1.29 is 4.79 Å². The molecule has 1 fully saturated rings. The lowest BCUT2D eigenvalue weighted by molar-refractivity contribution is 0.0553. The number of pyridine rings is 1. The SMILES string of the molecule is CCN(C(=O)c1ncccc1Br)C1CCCCC1CN. The second kappa shape index (κ2) is 7.18. The highest BCUT2D eigenvalue weighted by atomic mass is 79.9. The summed E-state index contributed by atoms with van der Waals surface area (Å²) in [6, 6.07) is 3.93. The molecule has 2 unspecified atom stereocenters. The van der Waals surface area contributed by atoms with E-state index in [1.54, 1.807) is 6.20 Å². The minimum Gasteiger partial charge on any atom is -0.334 e. The van der Waals surface area contributed by atoms with Crippen LogP contribution in [0.1, 0.15) is 43.1 Å². The molecule has 0 saturated heterocycles. The fourth-order valence-electron chi connectivity index (χ4n) is 3.08. The van der Waals surface area contributed by atoms with Crippen LogP contribution >= 0.6 is 15.9 Å². The van der Waals surface area contributed by atoms with Crippen LogP contribution in [0.4, 0.5) is 0 Å². The summed E-state index contributed by atoms with van der Waals surface area (Å²) in [6.07, 6.45) is 6.22. The third kappa shape index (κ3) is 3.20. The summed E-state index contributed by atoms with van der Waals surface area (Å²) < 4.78 is 0.753. The molecule has 0 spiro atoms. The van der Waals surface area contributed by atoms with Crippen LogP contribution in [-0.2, 0) is 0 Å². The minimum atomic E-state index is 0.00493. The summed E-state index contributed by atoms with van der Waals surface area (Å²) in [5.41, 5.74) is 6.39. The Kier molecular flexibility index (Phi) is 5.54. The molecule has 110 valence electrons. The smallest absolute Gasteiger partial charge is 0.273 e. The van der Waals surface area contributed by atoms with Crippen LogP contribution in [0.25, 0.3) is 0 Å². The highest BCUT2D eigenvalue weighted by molar-refractivity contribution is 9.10. The van der Waals surface area contributed by atoms with E-state index in [-0.39, 0.29) is 11.9 Å². The van der Waals surface area contributed by atoms with Crippen LogP contribution in [0.5, 0.6) is 0 Å². The minimum absolute atomic E-state index is 0.00493. The molecule has 0 radical (unpaired) electrons. The lowest BCUT2D eigenvalue weighted by Gasteiger charge is -2.39. The van der Waals surface area contributed by atoms with Crippen LogP contribution in [0.15, 0.2) is 22.8 Å². The maximum absolute atomic E-state index is 12.8. The second-order valence-corrected chi connectivity index (χ2v) is 6.13. The molecule has 1 saturated carbocycles. The van der Waals surface area contributed by atoms with Crippen molar-refractivity contribution in [2.75, 3.05) is 13.1 Å². The zero-order chi connectivity index (χ0) is 14.5. The number of hydrogen-bond acceptors (Lipinski definition) is 3. The average molecular weight is 340 g/mol. The van der Waals surface area contributed by atoms with Crippen molar-refractivity contribution in [1.29, 1.82) is 0 Å². The van der Waals surface area contributed by atoms with Crippen LogP contribution in [0.3, 0.4) is 0 Å². The van der Waals surface area contributed by atoms with Gasteiger partial charge in [-0.2, -0.15) is 0 Å². The molecule has 0 aromatic carbocycles. The Morgan fingerprint density at radius 3 is 2.90 bits per heavy atom. The van der Waals surface area contributed by atoms with Gasteiger partial charge in [-0.25, -0.2) is 4.98 Å². The molecule has 1 aromatic heterocycles. The molecule has 1 heterocycles. The molecular weight excluding hydrogens is 318 g/mol. The van der Waals surface area contributed by atoms with E-state index in [1.165, 1.54) is 12.8 Å². The average Bonchev–Trinajstić information content (AvgIpc) is 2.49. The van der Waals surface area contributed by atoms with Crippen LogP contribution in [0.2, 0.25) is 0 Å². The molecule has 0 bridgehead atoms. The van der Waals surface area contributed by atoms with Gasteiger partial charge in [0, 0.05) is 23.3 Å². The maximum atomic E-state index is 12.8. The standard InChI is InChI=1S/C15H22BrN3O/c1-2-19(13-8-4-3-6-11(13)10-17)15(20)14-12(16)7-5-9-18-14/h5,7,9,11,13H,2-4,6,8,10,17H2,1H3. The van der Waals surface area contributed by atoms with Crippen LogP contribution < -0.4 is 5.73 Å². The Bertz CT molecular complexity index is 466. The van der Waals surface area contributed by atoms with Gasteiger partial charge in [0.2, 0.25) is 0 Å². The molecule has 2 atom stereocenters. The van der Waals surface area contributed by atoms with Crippen molar-refractivity contribution >= 4 is 21.8 Å². The number of halogens is 1. The Morgan fingerprint density at radius 1 is 1.50 bits per heavy atom. The van der Waals surface area contributed by atoms with Gasteiger partial charge < -0.3 is 10.6 Å². The second-order valence-electron chi connectivity index (χ2n) is 5.27. The van der Waals surface area contributed by atoms with E-state index in [0.717, 1.165) is 17.3 Å². The number of amides is 1. The van der Waals surface area contributed by atoms with E-state index in [1.807, 2.05) is 24.0 Å². The zero-order valence-corrected chi connectivity index (χ0v) is 13.5. The first-order valence-corrected chi connectivity index (χ1v) is 8.09. The fourth-order valence-corrected chi connectivity index (χ4v) is 3.51. The number of carbonyl (C=O) groups is 1. The summed E-state index contributed by atoms with van der Waals surface area (Å²) in [6.45, 7) is 3.37. The molecule has 20 heavy (non-hydrogen) atoms. The van der Waals surface area contributed by atoms with E-state index in [2.05, 4.69) is 20.9 Å². The Morgan fingerprint density at radius 2 is 2.25 bits per heavy atom. The topological polar surface area (TPSA) is 59.2 Å². The molecule has 4 nitrogen and oxygen atoms in total. The van der Waals surface area contributed by atoms with Gasteiger partial charge in [-0.15, -0.1) is 0 Å². The van der Waals surface area contributed by atoms with Gasteiger partial charge in [0.25, 0.3) is 5.91 Å². The molecule has 1 aromatic rings. The molecule has 1 aliphatic rings. The van der Waals surface area contributed by atoms with Gasteiger partial charge in [0.05, 0.1) is 0 Å². The third-order valence-electron chi connectivity index (χ3n) is 4.13. The first-order chi connectivity index (χ1) is 9.69. The van der Waals surface area contributed by atoms with Crippen molar-refractivity contribution in [2.45, 2.75) is 38.6 Å². The quantitative estimate of drug-likeness (QED) is 0.917. The molecule has 2 rings (SSSR count). The molecular formula is C15H22BrN3O. The van der Waals surface area contributed by atoms with Gasteiger partial charge >= 0.3 is 0 Å². The molecule has 2 N–H and O–H groups in total. The van der Waals surface area contributed by atoms with Crippen molar-refractivity contribution in [3.05, 3.63) is 28.5 Å². The number of aromatic nitrogens is 1. The maximum Gasteiger partial charge on any atom is 0.273 e. The number of rotatable bonds is 4. The van der Waals surface area contributed by atoms with Crippen molar-refractivity contribution in [2.24, 2.45) is 11.7 Å². The Balaban J connectivity index is 2.23. The van der Waals surface area contributed by atoms with Gasteiger partial charge in [0.15, 0.2) is 0 Å². The van der Waals surface area contributed by atoms with Crippen molar-refractivity contribution in [3.63, 3.8) is 0 Å². The normalized spacial score (nSPS) is 22.6. The van der Waals surface area contributed by atoms with Crippen LogP contribution in [-0.4, -0.2) is 34.9 Å². The molecule has 0 aliphatic heterocycles. The predicted octanol–water partition coefficient (Wildman–Crippen LogP) is 2.82. The third-order valence-corrected chi connectivity index (χ3v) is 4.77. The van der Waals surface area contributed by atoms with Crippen molar-refractivity contribution in [1.82, 2.24) is 9.88 Å². The summed E-state index contributed by atoms with van der Waals surface area (Å²) in [7, 11) is 0. The van der Waals surface area contributed by atoms with Gasteiger partial charge in [-0.1, -0.05) is 12.8 Å². The Hall–Kier alpha value is -0.940. The zero-order valence-electron chi connectivity index (χ0n) is 11.9. The molecule has 1 amide bonds. The van der Waals surface area contributed by atoms with Gasteiger partial charge in [-0.05, 0) is 60.3 Å². The predicted molar refractivity (Wildman–Crippen MR) is 83.4 cm³/mol. The largest absolute Gasteiger partial charge is 0.334 e. The summed E-state index contributed by atoms with van der Waals surface area (Å²) >= 11 is 3.42. The number of hydrogen-bond donors (Lipinski definition) is 1. The van der Waals surface area contributed by atoms with E-state index >= 15 is 0 Å².